The standard InChI is InChI=1S/C15H20O2S/c1-11(2)8-14(18)10-13(16)9-12-6-4-5-7-15(12)17-3/h4-7,11H,8-10H2,1-3H3. The van der Waals surface area contributed by atoms with Crippen LogP contribution in [0.5, 0.6) is 5.75 Å². The zero-order chi connectivity index (χ0) is 13.5. The average molecular weight is 264 g/mol. The zero-order valence-corrected chi connectivity index (χ0v) is 12.0. The van der Waals surface area contributed by atoms with Crippen LogP contribution < -0.4 is 4.74 Å². The van der Waals surface area contributed by atoms with Gasteiger partial charge in [-0.3, -0.25) is 4.79 Å². The van der Waals surface area contributed by atoms with Gasteiger partial charge in [-0.25, -0.2) is 0 Å². The Morgan fingerprint density at radius 2 is 2.00 bits per heavy atom. The summed E-state index contributed by atoms with van der Waals surface area (Å²) in [4.78, 5) is 12.8. The summed E-state index contributed by atoms with van der Waals surface area (Å²) in [6, 6.07) is 7.60. The van der Waals surface area contributed by atoms with Gasteiger partial charge in [-0.15, -0.1) is 0 Å². The van der Waals surface area contributed by atoms with Crippen molar-refractivity contribution in [2.45, 2.75) is 33.1 Å². The molecule has 0 saturated heterocycles. The van der Waals surface area contributed by atoms with Gasteiger partial charge in [0.25, 0.3) is 0 Å². The number of thiocarbonyl (C=S) groups is 1. The Balaban J connectivity index is 2.57. The molecule has 0 aliphatic carbocycles. The number of hydrogen-bond acceptors (Lipinski definition) is 3. The number of Topliss-reactive ketones (excluding diaryl/α,β-unsaturated/α-hetero) is 1. The van der Waals surface area contributed by atoms with E-state index in [0.717, 1.165) is 22.6 Å². The molecule has 0 radical (unpaired) electrons. The highest BCUT2D eigenvalue weighted by molar-refractivity contribution is 7.80. The van der Waals surface area contributed by atoms with Gasteiger partial charge in [0.1, 0.15) is 11.5 Å². The summed E-state index contributed by atoms with van der Waals surface area (Å²) in [7, 11) is 1.62. The Morgan fingerprint density at radius 1 is 1.33 bits per heavy atom. The van der Waals surface area contributed by atoms with Crippen LogP contribution in [-0.4, -0.2) is 17.8 Å². The van der Waals surface area contributed by atoms with Crippen molar-refractivity contribution in [2.75, 3.05) is 7.11 Å². The summed E-state index contributed by atoms with van der Waals surface area (Å²) in [5, 5.41) is 0. The molecular formula is C15H20O2S. The second-order valence-electron chi connectivity index (χ2n) is 4.84. The van der Waals surface area contributed by atoms with Crippen molar-refractivity contribution in [1.82, 2.24) is 0 Å². The van der Waals surface area contributed by atoms with Crippen molar-refractivity contribution in [3.05, 3.63) is 29.8 Å². The van der Waals surface area contributed by atoms with Crippen LogP contribution in [0.2, 0.25) is 0 Å². The van der Waals surface area contributed by atoms with Crippen LogP contribution in [0.15, 0.2) is 24.3 Å². The van der Waals surface area contributed by atoms with Crippen LogP contribution in [-0.2, 0) is 11.2 Å². The number of benzene rings is 1. The van der Waals surface area contributed by atoms with E-state index in [1.807, 2.05) is 24.3 Å². The zero-order valence-electron chi connectivity index (χ0n) is 11.2. The Labute approximate surface area is 114 Å². The number of rotatable bonds is 7. The normalized spacial score (nSPS) is 10.4. The predicted molar refractivity (Wildman–Crippen MR) is 78.4 cm³/mol. The van der Waals surface area contributed by atoms with Gasteiger partial charge in [0.15, 0.2) is 0 Å². The maximum absolute atomic E-state index is 11.9. The SMILES string of the molecule is COc1ccccc1CC(=O)CC(=S)CC(C)C. The molecule has 0 N–H and O–H groups in total. The first-order chi connectivity index (χ1) is 8.52. The topological polar surface area (TPSA) is 26.3 Å². The summed E-state index contributed by atoms with van der Waals surface area (Å²) >= 11 is 5.23. The molecule has 0 unspecified atom stereocenters. The highest BCUT2D eigenvalue weighted by Crippen LogP contribution is 2.18. The Hall–Kier alpha value is -1.22. The number of carbonyl (C=O) groups excluding carboxylic acids is 1. The highest BCUT2D eigenvalue weighted by atomic mass is 32.1. The monoisotopic (exact) mass is 264 g/mol. The first-order valence-corrected chi connectivity index (χ1v) is 6.59. The average Bonchev–Trinajstić information content (AvgIpc) is 2.28. The number of ether oxygens (including phenoxy) is 1. The summed E-state index contributed by atoms with van der Waals surface area (Å²) in [5.74, 6) is 1.43. The van der Waals surface area contributed by atoms with Crippen molar-refractivity contribution in [2.24, 2.45) is 5.92 Å². The largest absolute Gasteiger partial charge is 0.496 e. The first-order valence-electron chi connectivity index (χ1n) is 6.18. The van der Waals surface area contributed by atoms with Gasteiger partial charge in [0.2, 0.25) is 0 Å². The number of hydrogen-bond donors (Lipinski definition) is 0. The van der Waals surface area contributed by atoms with Crippen LogP contribution in [0.25, 0.3) is 0 Å². The summed E-state index contributed by atoms with van der Waals surface area (Å²) in [5.41, 5.74) is 0.928. The molecule has 0 aliphatic rings. The van der Waals surface area contributed by atoms with Gasteiger partial charge in [-0.1, -0.05) is 44.3 Å². The van der Waals surface area contributed by atoms with E-state index >= 15 is 0 Å². The Bertz CT molecular complexity index is 424. The first kappa shape index (κ1) is 14.8. The van der Waals surface area contributed by atoms with Gasteiger partial charge in [0, 0.05) is 23.3 Å². The number of para-hydroxylation sites is 1. The van der Waals surface area contributed by atoms with Crippen molar-refractivity contribution < 1.29 is 9.53 Å². The molecule has 0 saturated carbocycles. The van der Waals surface area contributed by atoms with Crippen LogP contribution in [0, 0.1) is 5.92 Å². The molecule has 0 fully saturated rings. The highest BCUT2D eigenvalue weighted by Gasteiger charge is 2.11. The van der Waals surface area contributed by atoms with E-state index in [1.165, 1.54) is 0 Å². The molecule has 0 aromatic heterocycles. The molecule has 0 spiro atoms. The van der Waals surface area contributed by atoms with E-state index in [0.29, 0.717) is 18.8 Å². The molecule has 2 nitrogen and oxygen atoms in total. The fraction of sp³-hybridized carbons (Fsp3) is 0.467. The molecule has 1 rings (SSSR count). The lowest BCUT2D eigenvalue weighted by molar-refractivity contribution is -0.117. The summed E-state index contributed by atoms with van der Waals surface area (Å²) in [6.45, 7) is 4.22. The minimum atomic E-state index is 0.158. The minimum absolute atomic E-state index is 0.158. The maximum Gasteiger partial charge on any atom is 0.142 e. The van der Waals surface area contributed by atoms with Gasteiger partial charge in [0.05, 0.1) is 7.11 Å². The lowest BCUT2D eigenvalue weighted by Crippen LogP contribution is -2.11. The van der Waals surface area contributed by atoms with E-state index in [9.17, 15) is 4.79 Å². The second-order valence-corrected chi connectivity index (χ2v) is 5.42. The van der Waals surface area contributed by atoms with E-state index in [-0.39, 0.29) is 5.78 Å². The lowest BCUT2D eigenvalue weighted by Gasteiger charge is -2.09. The number of ketones is 1. The minimum Gasteiger partial charge on any atom is -0.496 e. The third-order valence-electron chi connectivity index (χ3n) is 2.61. The van der Waals surface area contributed by atoms with Crippen molar-refractivity contribution >= 4 is 22.9 Å². The van der Waals surface area contributed by atoms with Crippen LogP contribution in [0.4, 0.5) is 0 Å². The molecular weight excluding hydrogens is 244 g/mol. The van der Waals surface area contributed by atoms with E-state index in [1.54, 1.807) is 7.11 Å². The molecule has 0 amide bonds. The Kier molecular flexibility index (Phi) is 5.99. The van der Waals surface area contributed by atoms with Crippen molar-refractivity contribution in [3.8, 4) is 5.75 Å². The van der Waals surface area contributed by atoms with E-state index < -0.39 is 0 Å². The molecule has 1 aromatic rings. The molecule has 0 heterocycles. The molecule has 1 aromatic carbocycles. The fourth-order valence-electron chi connectivity index (χ4n) is 1.87. The third kappa shape index (κ3) is 4.96. The molecule has 0 bridgehead atoms. The van der Waals surface area contributed by atoms with Crippen molar-refractivity contribution in [1.29, 1.82) is 0 Å². The lowest BCUT2D eigenvalue weighted by atomic mass is 10.0. The van der Waals surface area contributed by atoms with E-state index in [4.69, 9.17) is 17.0 Å². The molecule has 0 aliphatic heterocycles. The smallest absolute Gasteiger partial charge is 0.142 e. The van der Waals surface area contributed by atoms with Crippen LogP contribution in [0.1, 0.15) is 32.3 Å². The van der Waals surface area contributed by atoms with Gasteiger partial charge in [-0.2, -0.15) is 0 Å². The number of methoxy groups -OCH3 is 1. The predicted octanol–water partition coefficient (Wildman–Crippen LogP) is 3.61. The number of carbonyl (C=O) groups is 1. The molecule has 0 atom stereocenters. The van der Waals surface area contributed by atoms with Crippen LogP contribution in [0.3, 0.4) is 0 Å². The van der Waals surface area contributed by atoms with Gasteiger partial charge < -0.3 is 4.74 Å². The molecule has 3 heteroatoms. The molecule has 18 heavy (non-hydrogen) atoms. The quantitative estimate of drug-likeness (QED) is 0.704. The second kappa shape index (κ2) is 7.27. The fourth-order valence-corrected chi connectivity index (χ4v) is 2.37. The van der Waals surface area contributed by atoms with E-state index in [2.05, 4.69) is 13.8 Å². The van der Waals surface area contributed by atoms with Crippen LogP contribution >= 0.6 is 12.2 Å². The summed E-state index contributed by atoms with van der Waals surface area (Å²) in [6.07, 6.45) is 1.63. The maximum atomic E-state index is 11.9. The van der Waals surface area contributed by atoms with Gasteiger partial charge >= 0.3 is 0 Å². The molecule has 98 valence electrons. The van der Waals surface area contributed by atoms with Crippen molar-refractivity contribution in [3.63, 3.8) is 0 Å². The third-order valence-corrected chi connectivity index (χ3v) is 2.92. The Morgan fingerprint density at radius 3 is 2.61 bits per heavy atom. The van der Waals surface area contributed by atoms with Gasteiger partial charge in [-0.05, 0) is 18.4 Å². The summed E-state index contributed by atoms with van der Waals surface area (Å²) < 4.78 is 5.23.